The third-order valence-electron chi connectivity index (χ3n) is 10.9. The van der Waals surface area contributed by atoms with Gasteiger partial charge in [0.05, 0.1) is 11.0 Å². The molecule has 4 aromatic heterocycles. The molecule has 0 unspecified atom stereocenters. The lowest BCUT2D eigenvalue weighted by atomic mass is 9.97. The van der Waals surface area contributed by atoms with E-state index in [4.69, 9.17) is 18.8 Å². The standard InChI is InChI=1S/C50H28N2O2S/c1-3-19-44-37(13-1)39-17-7-15-35(48(39)53-44)33-11-5-9-29(25-33)31-22-24-46-41(27-31)47-50(55-46)52-42-23-21-32(28-43(42)51-47)30-10-6-12-34(26-30)36-16-8-18-40-38-14-2-4-20-45(38)54-49(36)40/h1-28H. The Morgan fingerprint density at radius 1 is 0.364 bits per heavy atom. The van der Waals surface area contributed by atoms with Crippen molar-refractivity contribution in [3.05, 3.63) is 170 Å². The zero-order chi connectivity index (χ0) is 36.0. The van der Waals surface area contributed by atoms with E-state index in [0.717, 1.165) is 115 Å². The van der Waals surface area contributed by atoms with Crippen molar-refractivity contribution in [2.45, 2.75) is 0 Å². The minimum absolute atomic E-state index is 0.876. The molecular formula is C50H28N2O2S. The summed E-state index contributed by atoms with van der Waals surface area (Å²) in [4.78, 5) is 11.3. The van der Waals surface area contributed by atoms with Gasteiger partial charge in [0.1, 0.15) is 32.7 Å². The van der Waals surface area contributed by atoms with Crippen LogP contribution in [0.3, 0.4) is 0 Å². The van der Waals surface area contributed by atoms with E-state index in [1.807, 2.05) is 24.3 Å². The largest absolute Gasteiger partial charge is 0.455 e. The summed E-state index contributed by atoms with van der Waals surface area (Å²) < 4.78 is 13.9. The van der Waals surface area contributed by atoms with Gasteiger partial charge in [-0.15, -0.1) is 11.3 Å². The van der Waals surface area contributed by atoms with E-state index in [2.05, 4.69) is 146 Å². The second-order valence-electron chi connectivity index (χ2n) is 14.1. The Hall–Kier alpha value is -7.08. The van der Waals surface area contributed by atoms with Crippen LogP contribution in [0.4, 0.5) is 0 Å². The molecule has 55 heavy (non-hydrogen) atoms. The summed E-state index contributed by atoms with van der Waals surface area (Å²) in [6.45, 7) is 0. The molecule has 12 aromatic rings. The van der Waals surface area contributed by atoms with Crippen LogP contribution in [0.15, 0.2) is 179 Å². The van der Waals surface area contributed by atoms with Crippen LogP contribution < -0.4 is 0 Å². The van der Waals surface area contributed by atoms with E-state index in [-0.39, 0.29) is 0 Å². The maximum Gasteiger partial charge on any atom is 0.143 e. The molecule has 0 aliphatic carbocycles. The van der Waals surface area contributed by atoms with Crippen molar-refractivity contribution in [2.75, 3.05) is 0 Å². The molecule has 12 rings (SSSR count). The third-order valence-corrected chi connectivity index (χ3v) is 11.9. The zero-order valence-corrected chi connectivity index (χ0v) is 30.1. The average molecular weight is 721 g/mol. The van der Waals surface area contributed by atoms with Gasteiger partial charge in [0.15, 0.2) is 0 Å². The van der Waals surface area contributed by atoms with Crippen LogP contribution in [0, 0.1) is 0 Å². The Morgan fingerprint density at radius 3 is 1.55 bits per heavy atom. The summed E-state index contributed by atoms with van der Waals surface area (Å²) in [5.74, 6) is 0. The van der Waals surface area contributed by atoms with E-state index >= 15 is 0 Å². The number of thiophene rings is 1. The SMILES string of the molecule is c1cc(-c2ccc3nc4sc5ccc(-c6cccc(-c7cccc8c7oc7ccccc78)c6)cc5c4nc3c2)cc(-c2cccc3c2oc2ccccc23)c1. The molecule has 0 atom stereocenters. The summed E-state index contributed by atoms with van der Waals surface area (Å²) in [6.07, 6.45) is 0. The highest BCUT2D eigenvalue weighted by Gasteiger charge is 2.16. The van der Waals surface area contributed by atoms with Gasteiger partial charge in [-0.1, -0.05) is 121 Å². The molecular weight excluding hydrogens is 693 g/mol. The summed E-state index contributed by atoms with van der Waals surface area (Å²) in [7, 11) is 0. The van der Waals surface area contributed by atoms with Gasteiger partial charge in [-0.2, -0.15) is 0 Å². The van der Waals surface area contributed by atoms with Crippen LogP contribution in [-0.4, -0.2) is 9.97 Å². The van der Waals surface area contributed by atoms with Gasteiger partial charge >= 0.3 is 0 Å². The van der Waals surface area contributed by atoms with Crippen LogP contribution in [0.5, 0.6) is 0 Å². The van der Waals surface area contributed by atoms with Crippen LogP contribution in [0.2, 0.25) is 0 Å². The van der Waals surface area contributed by atoms with Crippen molar-refractivity contribution in [3.63, 3.8) is 0 Å². The van der Waals surface area contributed by atoms with E-state index in [9.17, 15) is 0 Å². The van der Waals surface area contributed by atoms with Gasteiger partial charge < -0.3 is 8.83 Å². The van der Waals surface area contributed by atoms with Crippen LogP contribution in [0.1, 0.15) is 0 Å². The van der Waals surface area contributed by atoms with Gasteiger partial charge in [0, 0.05) is 42.8 Å². The van der Waals surface area contributed by atoms with Gasteiger partial charge in [-0.05, 0) is 81.9 Å². The number of hydrogen-bond donors (Lipinski definition) is 0. The first-order valence-corrected chi connectivity index (χ1v) is 19.2. The lowest BCUT2D eigenvalue weighted by Crippen LogP contribution is -1.87. The highest BCUT2D eigenvalue weighted by Crippen LogP contribution is 2.40. The highest BCUT2D eigenvalue weighted by atomic mass is 32.1. The number of benzene rings is 8. The maximum absolute atomic E-state index is 6.38. The normalized spacial score (nSPS) is 12.0. The minimum Gasteiger partial charge on any atom is -0.455 e. The van der Waals surface area contributed by atoms with Crippen LogP contribution >= 0.6 is 11.3 Å². The molecule has 0 bridgehead atoms. The second-order valence-corrected chi connectivity index (χ2v) is 15.1. The molecule has 8 aromatic carbocycles. The van der Waals surface area contributed by atoms with Crippen molar-refractivity contribution in [3.8, 4) is 44.5 Å². The summed E-state index contributed by atoms with van der Waals surface area (Å²) in [5.41, 5.74) is 15.2. The predicted octanol–water partition coefficient (Wildman–Crippen LogP) is 14.5. The number of furan rings is 2. The Bertz CT molecular complexity index is 3510. The third kappa shape index (κ3) is 4.77. The molecule has 0 aliphatic rings. The van der Waals surface area contributed by atoms with Gasteiger partial charge in [-0.3, -0.25) is 0 Å². The fourth-order valence-corrected chi connectivity index (χ4v) is 9.24. The van der Waals surface area contributed by atoms with Crippen molar-refractivity contribution in [2.24, 2.45) is 0 Å². The number of nitrogens with zero attached hydrogens (tertiary/aromatic N) is 2. The van der Waals surface area contributed by atoms with Gasteiger partial charge in [-0.25, -0.2) is 9.97 Å². The Balaban J connectivity index is 0.934. The molecule has 0 aliphatic heterocycles. The maximum atomic E-state index is 6.38. The number of hydrogen-bond acceptors (Lipinski definition) is 5. The molecule has 256 valence electrons. The predicted molar refractivity (Wildman–Crippen MR) is 229 cm³/mol. The second kappa shape index (κ2) is 11.7. The zero-order valence-electron chi connectivity index (χ0n) is 29.3. The van der Waals surface area contributed by atoms with Crippen molar-refractivity contribution >= 4 is 86.7 Å². The smallest absolute Gasteiger partial charge is 0.143 e. The number of aromatic nitrogens is 2. The van der Waals surface area contributed by atoms with E-state index < -0.39 is 0 Å². The van der Waals surface area contributed by atoms with Crippen LogP contribution in [0.25, 0.3) is 120 Å². The first kappa shape index (κ1) is 30.4. The molecule has 5 heteroatoms. The summed E-state index contributed by atoms with van der Waals surface area (Å²) >= 11 is 1.69. The van der Waals surface area contributed by atoms with E-state index in [1.54, 1.807) is 11.3 Å². The quantitative estimate of drug-likeness (QED) is 0.182. The Morgan fingerprint density at radius 2 is 0.891 bits per heavy atom. The number of para-hydroxylation sites is 4. The molecule has 4 heterocycles. The molecule has 4 nitrogen and oxygen atoms in total. The molecule has 0 amide bonds. The monoisotopic (exact) mass is 720 g/mol. The van der Waals surface area contributed by atoms with E-state index in [1.165, 1.54) is 4.70 Å². The minimum atomic E-state index is 0.876. The molecule has 0 saturated carbocycles. The molecule has 0 fully saturated rings. The Kier molecular flexibility index (Phi) is 6.47. The highest BCUT2D eigenvalue weighted by molar-refractivity contribution is 7.25. The first-order chi connectivity index (χ1) is 27.2. The Labute approximate surface area is 318 Å². The van der Waals surface area contributed by atoms with E-state index in [0.29, 0.717) is 0 Å². The molecule has 0 radical (unpaired) electrons. The summed E-state index contributed by atoms with van der Waals surface area (Å²) in [5, 5.41) is 5.64. The fourth-order valence-electron chi connectivity index (χ4n) is 8.23. The molecule has 0 N–H and O–H groups in total. The van der Waals surface area contributed by atoms with Crippen LogP contribution in [-0.2, 0) is 0 Å². The van der Waals surface area contributed by atoms with Crippen molar-refractivity contribution in [1.82, 2.24) is 9.97 Å². The number of rotatable bonds is 4. The van der Waals surface area contributed by atoms with Gasteiger partial charge in [0.25, 0.3) is 0 Å². The fraction of sp³-hybridized carbons (Fsp3) is 0. The summed E-state index contributed by atoms with van der Waals surface area (Å²) in [6, 6.07) is 59.7. The average Bonchev–Trinajstić information content (AvgIpc) is 3.93. The van der Waals surface area contributed by atoms with Crippen molar-refractivity contribution in [1.29, 1.82) is 0 Å². The molecule has 0 spiro atoms. The lowest BCUT2D eigenvalue weighted by Gasteiger charge is -2.08. The van der Waals surface area contributed by atoms with Gasteiger partial charge in [0.2, 0.25) is 0 Å². The molecule has 0 saturated heterocycles. The topological polar surface area (TPSA) is 52.1 Å². The lowest BCUT2D eigenvalue weighted by molar-refractivity contribution is 0.669. The first-order valence-electron chi connectivity index (χ1n) is 18.4. The van der Waals surface area contributed by atoms with Crippen molar-refractivity contribution < 1.29 is 8.83 Å². The number of fused-ring (bicyclic) bond motifs is 10.